The summed E-state index contributed by atoms with van der Waals surface area (Å²) in [6, 6.07) is 7.37. The number of rotatable bonds is 3. The number of nitrogens with zero attached hydrogens (tertiary/aromatic N) is 4. The molecule has 0 N–H and O–H groups in total. The Bertz CT molecular complexity index is 779. The van der Waals surface area contributed by atoms with Gasteiger partial charge < -0.3 is 24.3 Å². The van der Waals surface area contributed by atoms with E-state index in [0.29, 0.717) is 39.1 Å². The molecule has 2 saturated heterocycles. The summed E-state index contributed by atoms with van der Waals surface area (Å²) in [5.74, 6) is 0.822. The maximum Gasteiger partial charge on any atom is 0.319 e. The highest BCUT2D eigenvalue weighted by atomic mass is 16.5. The third-order valence-electron chi connectivity index (χ3n) is 5.74. The quantitative estimate of drug-likeness (QED) is 0.753. The Labute approximate surface area is 172 Å². The molecule has 2 aliphatic heterocycles. The molecule has 29 heavy (non-hydrogen) atoms. The highest BCUT2D eigenvalue weighted by Crippen LogP contribution is 2.34. The van der Waals surface area contributed by atoms with E-state index < -0.39 is 5.41 Å². The summed E-state index contributed by atoms with van der Waals surface area (Å²) >= 11 is 0. The van der Waals surface area contributed by atoms with Crippen LogP contribution >= 0.6 is 0 Å². The number of hydrogen-bond donors (Lipinski definition) is 0. The van der Waals surface area contributed by atoms with Crippen molar-refractivity contribution in [2.75, 3.05) is 61.0 Å². The van der Waals surface area contributed by atoms with Crippen molar-refractivity contribution in [1.82, 2.24) is 19.6 Å². The van der Waals surface area contributed by atoms with Crippen molar-refractivity contribution >= 4 is 17.8 Å². The van der Waals surface area contributed by atoms with Crippen LogP contribution in [0.25, 0.3) is 0 Å². The van der Waals surface area contributed by atoms with Crippen LogP contribution in [0.15, 0.2) is 24.3 Å². The summed E-state index contributed by atoms with van der Waals surface area (Å²) in [4.78, 5) is 44.8. The number of amides is 4. The van der Waals surface area contributed by atoms with Gasteiger partial charge in [0, 0.05) is 65.7 Å². The summed E-state index contributed by atoms with van der Waals surface area (Å²) in [6.45, 7) is 2.44. The monoisotopic (exact) mass is 402 g/mol. The van der Waals surface area contributed by atoms with Crippen LogP contribution in [-0.4, -0.2) is 98.4 Å². The fraction of sp³-hybridized carbons (Fsp3) is 0.571. The highest BCUT2D eigenvalue weighted by molar-refractivity contribution is 5.82. The molecule has 8 heteroatoms. The molecule has 0 unspecified atom stereocenters. The van der Waals surface area contributed by atoms with Crippen molar-refractivity contribution in [2.45, 2.75) is 12.8 Å². The predicted octanol–water partition coefficient (Wildman–Crippen LogP) is 0.912. The van der Waals surface area contributed by atoms with Crippen molar-refractivity contribution in [1.29, 1.82) is 0 Å². The molecule has 0 radical (unpaired) electrons. The fourth-order valence-electron chi connectivity index (χ4n) is 4.26. The number of urea groups is 1. The van der Waals surface area contributed by atoms with Gasteiger partial charge in [0.15, 0.2) is 0 Å². The molecule has 158 valence electrons. The summed E-state index contributed by atoms with van der Waals surface area (Å²) in [5.41, 5.74) is 0.485. The van der Waals surface area contributed by atoms with Crippen molar-refractivity contribution in [3.63, 3.8) is 0 Å². The number of carbonyl (C=O) groups excluding carboxylic acids is 3. The molecule has 2 fully saturated rings. The first-order valence-corrected chi connectivity index (χ1v) is 9.84. The molecule has 0 aromatic heterocycles. The summed E-state index contributed by atoms with van der Waals surface area (Å²) in [6.07, 6.45) is 0.637. The van der Waals surface area contributed by atoms with Crippen molar-refractivity contribution in [3.05, 3.63) is 29.8 Å². The van der Waals surface area contributed by atoms with E-state index in [9.17, 15) is 14.4 Å². The molecule has 1 spiro atoms. The third-order valence-corrected chi connectivity index (χ3v) is 5.74. The largest absolute Gasteiger partial charge is 0.497 e. The molecular weight excluding hydrogens is 372 g/mol. The summed E-state index contributed by atoms with van der Waals surface area (Å²) in [5, 5.41) is 0. The number of ether oxygens (including phenoxy) is 1. The smallest absolute Gasteiger partial charge is 0.319 e. The van der Waals surface area contributed by atoms with Crippen LogP contribution in [-0.2, 0) is 16.0 Å². The SMILES string of the molecule is COc1ccc(CC(=O)N2CCN(C(=O)N(C)C)C[C@]3(CC(=O)N(C)C3)C2)cc1. The van der Waals surface area contributed by atoms with Crippen molar-refractivity contribution in [3.8, 4) is 5.75 Å². The van der Waals surface area contributed by atoms with Crippen LogP contribution in [0.3, 0.4) is 0 Å². The summed E-state index contributed by atoms with van der Waals surface area (Å²) in [7, 11) is 6.83. The molecular formula is C21H30N4O4. The molecule has 0 saturated carbocycles. The van der Waals surface area contributed by atoms with Crippen molar-refractivity contribution in [2.24, 2.45) is 5.41 Å². The Morgan fingerprint density at radius 3 is 2.24 bits per heavy atom. The molecule has 3 rings (SSSR count). The molecule has 0 aliphatic carbocycles. The van der Waals surface area contributed by atoms with E-state index in [1.807, 2.05) is 29.2 Å². The van der Waals surface area contributed by atoms with Crippen LogP contribution < -0.4 is 4.74 Å². The van der Waals surface area contributed by atoms with Gasteiger partial charge in [-0.15, -0.1) is 0 Å². The minimum Gasteiger partial charge on any atom is -0.497 e. The number of benzene rings is 1. The Morgan fingerprint density at radius 2 is 1.69 bits per heavy atom. The standard InChI is InChI=1S/C21H30N4O4/c1-22(2)20(28)25-10-9-24(14-21(15-25)12-19(27)23(3)13-21)18(26)11-16-5-7-17(29-4)8-6-16/h5-8H,9-15H2,1-4H3/t21-/m0/s1. The lowest BCUT2D eigenvalue weighted by Gasteiger charge is -2.34. The first-order chi connectivity index (χ1) is 13.7. The maximum atomic E-state index is 13.1. The molecule has 1 aromatic carbocycles. The zero-order valence-electron chi connectivity index (χ0n) is 17.7. The van der Waals surface area contributed by atoms with E-state index in [1.165, 1.54) is 0 Å². The topological polar surface area (TPSA) is 73.4 Å². The fourth-order valence-corrected chi connectivity index (χ4v) is 4.26. The van der Waals surface area contributed by atoms with Gasteiger partial charge in [-0.05, 0) is 17.7 Å². The van der Waals surface area contributed by atoms with E-state index in [4.69, 9.17) is 4.74 Å². The molecule has 1 atom stereocenters. The Kier molecular flexibility index (Phi) is 6.00. The maximum absolute atomic E-state index is 13.1. The van der Waals surface area contributed by atoms with E-state index in [-0.39, 0.29) is 24.3 Å². The number of carbonyl (C=O) groups is 3. The second-order valence-electron chi connectivity index (χ2n) is 8.37. The number of methoxy groups -OCH3 is 1. The van der Waals surface area contributed by atoms with E-state index in [1.54, 1.807) is 43.0 Å². The van der Waals surface area contributed by atoms with Gasteiger partial charge in [-0.1, -0.05) is 12.1 Å². The van der Waals surface area contributed by atoms with Crippen LogP contribution in [0.4, 0.5) is 4.79 Å². The Morgan fingerprint density at radius 1 is 1.07 bits per heavy atom. The second kappa shape index (κ2) is 8.31. The molecule has 2 heterocycles. The van der Waals surface area contributed by atoms with Crippen LogP contribution in [0.5, 0.6) is 5.75 Å². The van der Waals surface area contributed by atoms with E-state index in [0.717, 1.165) is 11.3 Å². The van der Waals surface area contributed by atoms with Gasteiger partial charge in [-0.25, -0.2) is 4.79 Å². The lowest BCUT2D eigenvalue weighted by molar-refractivity contribution is -0.132. The molecule has 0 bridgehead atoms. The zero-order chi connectivity index (χ0) is 21.2. The van der Waals surface area contributed by atoms with E-state index in [2.05, 4.69) is 0 Å². The average Bonchev–Trinajstić information content (AvgIpc) is 2.85. The normalized spacial score (nSPS) is 22.1. The second-order valence-corrected chi connectivity index (χ2v) is 8.37. The Hall–Kier alpha value is -2.77. The third kappa shape index (κ3) is 4.63. The lowest BCUT2D eigenvalue weighted by Crippen LogP contribution is -2.47. The van der Waals surface area contributed by atoms with Gasteiger partial charge >= 0.3 is 6.03 Å². The minimum atomic E-state index is -0.427. The first-order valence-electron chi connectivity index (χ1n) is 9.84. The highest BCUT2D eigenvalue weighted by Gasteiger charge is 2.47. The molecule has 4 amide bonds. The van der Waals surface area contributed by atoms with Crippen LogP contribution in [0, 0.1) is 5.41 Å². The van der Waals surface area contributed by atoms with Gasteiger partial charge in [0.2, 0.25) is 11.8 Å². The Balaban J connectivity index is 1.78. The van der Waals surface area contributed by atoms with Gasteiger partial charge in [-0.3, -0.25) is 9.59 Å². The number of hydrogen-bond acceptors (Lipinski definition) is 4. The van der Waals surface area contributed by atoms with Gasteiger partial charge in [0.1, 0.15) is 5.75 Å². The molecule has 1 aromatic rings. The molecule has 8 nitrogen and oxygen atoms in total. The van der Waals surface area contributed by atoms with Crippen LogP contribution in [0.1, 0.15) is 12.0 Å². The van der Waals surface area contributed by atoms with Gasteiger partial charge in [-0.2, -0.15) is 0 Å². The molecule has 2 aliphatic rings. The first kappa shape index (κ1) is 21.0. The lowest BCUT2D eigenvalue weighted by atomic mass is 9.86. The zero-order valence-corrected chi connectivity index (χ0v) is 17.7. The van der Waals surface area contributed by atoms with Crippen molar-refractivity contribution < 1.29 is 19.1 Å². The van der Waals surface area contributed by atoms with Crippen LogP contribution in [0.2, 0.25) is 0 Å². The predicted molar refractivity (Wildman–Crippen MR) is 109 cm³/mol. The summed E-state index contributed by atoms with van der Waals surface area (Å²) < 4.78 is 5.17. The average molecular weight is 402 g/mol. The minimum absolute atomic E-state index is 0.00990. The van der Waals surface area contributed by atoms with Gasteiger partial charge in [0.05, 0.1) is 13.5 Å². The van der Waals surface area contributed by atoms with E-state index >= 15 is 0 Å². The number of likely N-dealkylation sites (tertiary alicyclic amines) is 1. The van der Waals surface area contributed by atoms with Gasteiger partial charge in [0.25, 0.3) is 0 Å².